The fourth-order valence-corrected chi connectivity index (χ4v) is 3.99. The van der Waals surface area contributed by atoms with Gasteiger partial charge in [0, 0.05) is 6.04 Å². The lowest BCUT2D eigenvalue weighted by atomic mass is 9.47. The van der Waals surface area contributed by atoms with Crippen LogP contribution in [0.1, 0.15) is 45.1 Å². The Balaban J connectivity index is 2.32. The highest BCUT2D eigenvalue weighted by Gasteiger charge is 2.56. The molecule has 1 aliphatic rings. The maximum Gasteiger partial charge on any atom is 0.0158 e. The van der Waals surface area contributed by atoms with Gasteiger partial charge in [-0.15, -0.1) is 0 Å². The first kappa shape index (κ1) is 12.6. The first-order valence-electron chi connectivity index (χ1n) is 6.91. The Morgan fingerprint density at radius 1 is 1.18 bits per heavy atom. The summed E-state index contributed by atoms with van der Waals surface area (Å²) < 4.78 is 0. The second-order valence-electron chi connectivity index (χ2n) is 5.59. The summed E-state index contributed by atoms with van der Waals surface area (Å²) >= 11 is 0. The fraction of sp³-hybridized carbons (Fsp3) is 0.625. The zero-order valence-electron chi connectivity index (χ0n) is 11.5. The molecule has 1 heteroatoms. The molecule has 0 spiro atoms. The second-order valence-corrected chi connectivity index (χ2v) is 5.59. The van der Waals surface area contributed by atoms with E-state index >= 15 is 0 Å². The van der Waals surface area contributed by atoms with Crippen molar-refractivity contribution in [2.24, 2.45) is 11.3 Å². The molecule has 1 aromatic carbocycles. The SMILES string of the molecule is CCC1C(NC)C(C)(CC)C1c1ccccc1. The van der Waals surface area contributed by atoms with Crippen molar-refractivity contribution >= 4 is 0 Å². The molecule has 0 saturated heterocycles. The standard InChI is InChI=1S/C16H25N/c1-5-13-14(12-10-8-7-9-11-12)16(3,6-2)15(13)17-4/h7-11,13-15,17H,5-6H2,1-4H3. The minimum atomic E-state index is 0.413. The van der Waals surface area contributed by atoms with Crippen molar-refractivity contribution in [2.45, 2.75) is 45.6 Å². The van der Waals surface area contributed by atoms with Gasteiger partial charge in [0.25, 0.3) is 0 Å². The van der Waals surface area contributed by atoms with Crippen LogP contribution in [0.2, 0.25) is 0 Å². The molecule has 1 saturated carbocycles. The summed E-state index contributed by atoms with van der Waals surface area (Å²) in [5.74, 6) is 1.50. The summed E-state index contributed by atoms with van der Waals surface area (Å²) in [6.07, 6.45) is 2.51. The van der Waals surface area contributed by atoms with Crippen molar-refractivity contribution in [2.75, 3.05) is 7.05 Å². The van der Waals surface area contributed by atoms with E-state index in [1.807, 2.05) is 0 Å². The minimum absolute atomic E-state index is 0.413. The van der Waals surface area contributed by atoms with Gasteiger partial charge in [-0.3, -0.25) is 0 Å². The zero-order valence-corrected chi connectivity index (χ0v) is 11.5. The first-order valence-corrected chi connectivity index (χ1v) is 6.91. The zero-order chi connectivity index (χ0) is 12.5. The molecule has 0 heterocycles. The van der Waals surface area contributed by atoms with Crippen LogP contribution in [0.3, 0.4) is 0 Å². The number of hydrogen-bond donors (Lipinski definition) is 1. The smallest absolute Gasteiger partial charge is 0.0158 e. The molecule has 4 unspecified atom stereocenters. The topological polar surface area (TPSA) is 12.0 Å². The Morgan fingerprint density at radius 2 is 1.82 bits per heavy atom. The summed E-state index contributed by atoms with van der Waals surface area (Å²) in [5.41, 5.74) is 1.94. The van der Waals surface area contributed by atoms with Gasteiger partial charge in [0.2, 0.25) is 0 Å². The van der Waals surface area contributed by atoms with E-state index in [1.54, 1.807) is 0 Å². The highest BCUT2D eigenvalue weighted by atomic mass is 15.0. The lowest BCUT2D eigenvalue weighted by molar-refractivity contribution is -0.0276. The molecule has 17 heavy (non-hydrogen) atoms. The highest BCUT2D eigenvalue weighted by Crippen LogP contribution is 2.59. The van der Waals surface area contributed by atoms with Crippen LogP contribution in [0.25, 0.3) is 0 Å². The van der Waals surface area contributed by atoms with Gasteiger partial charge in [-0.25, -0.2) is 0 Å². The molecule has 0 bridgehead atoms. The molecule has 1 aromatic rings. The molecule has 1 fully saturated rings. The maximum atomic E-state index is 3.54. The summed E-state index contributed by atoms with van der Waals surface area (Å²) in [6, 6.07) is 11.7. The molecule has 0 aromatic heterocycles. The van der Waals surface area contributed by atoms with Crippen molar-refractivity contribution in [1.29, 1.82) is 0 Å². The van der Waals surface area contributed by atoms with Crippen LogP contribution < -0.4 is 5.32 Å². The Bertz CT molecular complexity index is 359. The Hall–Kier alpha value is -0.820. The Morgan fingerprint density at radius 3 is 2.29 bits per heavy atom. The summed E-state index contributed by atoms with van der Waals surface area (Å²) in [7, 11) is 2.11. The number of rotatable bonds is 4. The fourth-order valence-electron chi connectivity index (χ4n) is 3.99. The molecule has 94 valence electrons. The third-order valence-corrected chi connectivity index (χ3v) is 4.98. The van der Waals surface area contributed by atoms with E-state index in [0.29, 0.717) is 11.5 Å². The number of nitrogens with one attached hydrogen (secondary N) is 1. The van der Waals surface area contributed by atoms with E-state index in [4.69, 9.17) is 0 Å². The van der Waals surface area contributed by atoms with Crippen LogP contribution in [0.5, 0.6) is 0 Å². The molecule has 0 radical (unpaired) electrons. The average molecular weight is 231 g/mol. The molecule has 4 atom stereocenters. The van der Waals surface area contributed by atoms with E-state index in [-0.39, 0.29) is 0 Å². The van der Waals surface area contributed by atoms with E-state index < -0.39 is 0 Å². The van der Waals surface area contributed by atoms with Crippen molar-refractivity contribution in [1.82, 2.24) is 5.32 Å². The van der Waals surface area contributed by atoms with Crippen LogP contribution in [0.4, 0.5) is 0 Å². The van der Waals surface area contributed by atoms with Crippen LogP contribution >= 0.6 is 0 Å². The molecule has 1 N–H and O–H groups in total. The van der Waals surface area contributed by atoms with Gasteiger partial charge in [-0.2, -0.15) is 0 Å². The van der Waals surface area contributed by atoms with Crippen LogP contribution in [0, 0.1) is 11.3 Å². The molecule has 0 amide bonds. The number of hydrogen-bond acceptors (Lipinski definition) is 1. The minimum Gasteiger partial charge on any atom is -0.316 e. The summed E-state index contributed by atoms with van der Waals surface area (Å²) in [5, 5.41) is 3.54. The lowest BCUT2D eigenvalue weighted by Crippen LogP contribution is -2.62. The van der Waals surface area contributed by atoms with Crippen LogP contribution in [0.15, 0.2) is 30.3 Å². The monoisotopic (exact) mass is 231 g/mol. The predicted octanol–water partition coefficient (Wildman–Crippen LogP) is 3.81. The lowest BCUT2D eigenvalue weighted by Gasteiger charge is -2.60. The Kier molecular flexibility index (Phi) is 3.58. The van der Waals surface area contributed by atoms with Crippen LogP contribution in [-0.2, 0) is 0 Å². The van der Waals surface area contributed by atoms with Gasteiger partial charge < -0.3 is 5.32 Å². The largest absolute Gasteiger partial charge is 0.316 e. The molecule has 2 rings (SSSR count). The normalized spacial score (nSPS) is 36.6. The van der Waals surface area contributed by atoms with Crippen molar-refractivity contribution < 1.29 is 0 Å². The molecule has 1 nitrogen and oxygen atoms in total. The van der Waals surface area contributed by atoms with Crippen molar-refractivity contribution in [3.05, 3.63) is 35.9 Å². The van der Waals surface area contributed by atoms with Gasteiger partial charge in [-0.1, -0.05) is 57.5 Å². The third-order valence-electron chi connectivity index (χ3n) is 4.98. The van der Waals surface area contributed by atoms with E-state index in [2.05, 4.69) is 63.5 Å². The summed E-state index contributed by atoms with van der Waals surface area (Å²) in [4.78, 5) is 0. The van der Waals surface area contributed by atoms with Gasteiger partial charge in [0.1, 0.15) is 0 Å². The average Bonchev–Trinajstić information content (AvgIpc) is 2.37. The second kappa shape index (κ2) is 4.81. The van der Waals surface area contributed by atoms with Gasteiger partial charge in [0.05, 0.1) is 0 Å². The molecule has 0 aliphatic heterocycles. The molecular weight excluding hydrogens is 206 g/mol. The van der Waals surface area contributed by atoms with Gasteiger partial charge in [-0.05, 0) is 36.3 Å². The van der Waals surface area contributed by atoms with Crippen molar-refractivity contribution in [3.8, 4) is 0 Å². The quantitative estimate of drug-likeness (QED) is 0.831. The highest BCUT2D eigenvalue weighted by molar-refractivity contribution is 5.30. The first-order chi connectivity index (χ1) is 8.19. The van der Waals surface area contributed by atoms with E-state index in [9.17, 15) is 0 Å². The van der Waals surface area contributed by atoms with Gasteiger partial charge >= 0.3 is 0 Å². The molecular formula is C16H25N. The van der Waals surface area contributed by atoms with E-state index in [0.717, 1.165) is 11.8 Å². The van der Waals surface area contributed by atoms with E-state index in [1.165, 1.54) is 18.4 Å². The van der Waals surface area contributed by atoms with Crippen LogP contribution in [-0.4, -0.2) is 13.1 Å². The number of benzene rings is 1. The van der Waals surface area contributed by atoms with Gasteiger partial charge in [0.15, 0.2) is 0 Å². The maximum absolute atomic E-state index is 3.54. The molecule has 1 aliphatic carbocycles. The predicted molar refractivity (Wildman–Crippen MR) is 74.2 cm³/mol. The summed E-state index contributed by atoms with van der Waals surface area (Å²) in [6.45, 7) is 7.09. The third kappa shape index (κ3) is 1.81. The Labute approximate surface area is 106 Å². The van der Waals surface area contributed by atoms with Crippen molar-refractivity contribution in [3.63, 3.8) is 0 Å².